The van der Waals surface area contributed by atoms with Crippen LogP contribution in [0.5, 0.6) is 0 Å². The van der Waals surface area contributed by atoms with Gasteiger partial charge in [0, 0.05) is 25.4 Å². The molecule has 1 aromatic rings. The molecule has 0 radical (unpaired) electrons. The molecule has 5 N–H and O–H groups in total. The van der Waals surface area contributed by atoms with Crippen LogP contribution in [0, 0.1) is 0 Å². The highest BCUT2D eigenvalue weighted by molar-refractivity contribution is 7.16. The molecule has 2 fully saturated rings. The van der Waals surface area contributed by atoms with E-state index in [1.807, 2.05) is 0 Å². The lowest BCUT2D eigenvalue weighted by Gasteiger charge is -2.38. The number of carbonyl (C=O) groups is 3. The molecule has 154 valence electrons. The average molecular weight is 409 g/mol. The Hall–Kier alpha value is -2.23. The molecule has 1 unspecified atom stereocenters. The Labute approximate surface area is 168 Å². The molecule has 2 heterocycles. The second-order valence-electron chi connectivity index (χ2n) is 7.73. The number of nitrogens with one attached hydrogen (secondary N) is 3. The highest BCUT2D eigenvalue weighted by Crippen LogP contribution is 2.28. The van der Waals surface area contributed by atoms with Gasteiger partial charge in [0.1, 0.15) is 0 Å². The number of nitrogens with zero attached hydrogens (tertiary/aromatic N) is 2. The maximum absolute atomic E-state index is 12.5. The first-order valence-electron chi connectivity index (χ1n) is 9.93. The zero-order chi connectivity index (χ0) is 20.0. The van der Waals surface area contributed by atoms with Crippen molar-refractivity contribution >= 4 is 34.2 Å². The number of hydrogen-bond donors (Lipinski definition) is 4. The molecule has 9 nitrogen and oxygen atoms in total. The molecule has 1 saturated heterocycles. The van der Waals surface area contributed by atoms with Gasteiger partial charge in [0.05, 0.1) is 5.54 Å². The number of amides is 3. The Morgan fingerprint density at radius 2 is 1.96 bits per heavy atom. The van der Waals surface area contributed by atoms with Gasteiger partial charge in [0.25, 0.3) is 5.91 Å². The normalized spacial score (nSPS) is 22.0. The van der Waals surface area contributed by atoms with E-state index in [2.05, 4.69) is 26.1 Å². The van der Waals surface area contributed by atoms with E-state index in [0.717, 1.165) is 62.7 Å². The zero-order valence-corrected chi connectivity index (χ0v) is 16.8. The fourth-order valence-electron chi connectivity index (χ4n) is 3.96. The third kappa shape index (κ3) is 5.63. The van der Waals surface area contributed by atoms with Crippen LogP contribution in [0.2, 0.25) is 0 Å². The molecule has 10 heteroatoms. The van der Waals surface area contributed by atoms with Crippen LogP contribution in [0.3, 0.4) is 0 Å². The first-order valence-corrected chi connectivity index (χ1v) is 10.7. The number of anilines is 1. The summed E-state index contributed by atoms with van der Waals surface area (Å²) in [5, 5.41) is 16.9. The second-order valence-corrected chi connectivity index (χ2v) is 8.74. The zero-order valence-electron chi connectivity index (χ0n) is 16.0. The summed E-state index contributed by atoms with van der Waals surface area (Å²) in [6.07, 6.45) is 8.13. The minimum Gasteiger partial charge on any atom is -0.374 e. The Morgan fingerprint density at radius 1 is 1.18 bits per heavy atom. The van der Waals surface area contributed by atoms with Crippen molar-refractivity contribution in [2.24, 2.45) is 0 Å². The van der Waals surface area contributed by atoms with Crippen LogP contribution >= 0.6 is 11.3 Å². The first kappa shape index (κ1) is 20.5. The molecule has 0 bridgehead atoms. The SMILES string of the molecule is Nc1nnc(C(=O)NC2(CNC(=O)CC3CCCCC(=O)N3)CCCCC2)s1. The number of rotatable bonds is 6. The highest BCUT2D eigenvalue weighted by Gasteiger charge is 2.35. The monoisotopic (exact) mass is 408 g/mol. The Kier molecular flexibility index (Phi) is 6.82. The summed E-state index contributed by atoms with van der Waals surface area (Å²) in [6, 6.07) is -0.115. The summed E-state index contributed by atoms with van der Waals surface area (Å²) < 4.78 is 0. The van der Waals surface area contributed by atoms with Gasteiger partial charge in [-0.1, -0.05) is 37.0 Å². The molecule has 1 aliphatic carbocycles. The van der Waals surface area contributed by atoms with Gasteiger partial charge in [-0.15, -0.1) is 10.2 Å². The van der Waals surface area contributed by atoms with Crippen molar-refractivity contribution in [3.05, 3.63) is 5.01 Å². The second kappa shape index (κ2) is 9.31. The van der Waals surface area contributed by atoms with Crippen molar-refractivity contribution in [2.75, 3.05) is 12.3 Å². The van der Waals surface area contributed by atoms with Gasteiger partial charge in [-0.25, -0.2) is 0 Å². The number of hydrogen-bond acceptors (Lipinski definition) is 7. The van der Waals surface area contributed by atoms with Crippen molar-refractivity contribution in [3.63, 3.8) is 0 Å². The number of carbonyl (C=O) groups excluding carboxylic acids is 3. The van der Waals surface area contributed by atoms with Crippen LogP contribution in [0.4, 0.5) is 5.13 Å². The van der Waals surface area contributed by atoms with E-state index < -0.39 is 5.54 Å². The van der Waals surface area contributed by atoms with E-state index >= 15 is 0 Å². The van der Waals surface area contributed by atoms with Gasteiger partial charge in [0.15, 0.2) is 0 Å². The molecule has 1 atom stereocenters. The molecule has 1 aromatic heterocycles. The Bertz CT molecular complexity index is 716. The molecule has 3 amide bonds. The topological polar surface area (TPSA) is 139 Å². The molecule has 3 rings (SSSR count). The van der Waals surface area contributed by atoms with Crippen molar-refractivity contribution in [1.29, 1.82) is 0 Å². The lowest BCUT2D eigenvalue weighted by Crippen LogP contribution is -2.57. The molecule has 0 aromatic carbocycles. The maximum Gasteiger partial charge on any atom is 0.282 e. The van der Waals surface area contributed by atoms with Gasteiger partial charge < -0.3 is 21.7 Å². The fraction of sp³-hybridized carbons (Fsp3) is 0.722. The van der Waals surface area contributed by atoms with Crippen molar-refractivity contribution < 1.29 is 14.4 Å². The average Bonchev–Trinajstić information content (AvgIpc) is 3.00. The molecular weight excluding hydrogens is 380 g/mol. The van der Waals surface area contributed by atoms with Crippen molar-refractivity contribution in [1.82, 2.24) is 26.1 Å². The van der Waals surface area contributed by atoms with Gasteiger partial charge >= 0.3 is 0 Å². The summed E-state index contributed by atoms with van der Waals surface area (Å²) in [4.78, 5) is 36.7. The van der Waals surface area contributed by atoms with Crippen LogP contribution < -0.4 is 21.7 Å². The molecule has 1 aliphatic heterocycles. The predicted octanol–water partition coefficient (Wildman–Crippen LogP) is 1.12. The summed E-state index contributed by atoms with van der Waals surface area (Å²) in [5.74, 6) is -0.393. The number of aromatic nitrogens is 2. The standard InChI is InChI=1S/C18H28N6O3S/c19-17-24-23-16(28-17)15(27)22-18(8-4-1-5-9-18)11-20-14(26)10-12-6-2-3-7-13(25)21-12/h12H,1-11H2,(H2,19,24)(H,20,26)(H,21,25)(H,22,27). The van der Waals surface area contributed by atoms with Crippen LogP contribution in [0.1, 0.15) is 74.0 Å². The van der Waals surface area contributed by atoms with E-state index in [-0.39, 0.29) is 40.3 Å². The Morgan fingerprint density at radius 3 is 2.68 bits per heavy atom. The minimum atomic E-state index is -0.488. The minimum absolute atomic E-state index is 0.0163. The maximum atomic E-state index is 12.5. The van der Waals surface area contributed by atoms with Gasteiger partial charge in [-0.05, 0) is 25.7 Å². The van der Waals surface area contributed by atoms with Crippen LogP contribution in [0.15, 0.2) is 0 Å². The third-order valence-corrected chi connectivity index (χ3v) is 6.20. The lowest BCUT2D eigenvalue weighted by atomic mass is 9.81. The van der Waals surface area contributed by atoms with Gasteiger partial charge in [0.2, 0.25) is 22.0 Å². The largest absolute Gasteiger partial charge is 0.374 e. The van der Waals surface area contributed by atoms with E-state index in [4.69, 9.17) is 5.73 Å². The Balaban J connectivity index is 1.56. The van der Waals surface area contributed by atoms with E-state index in [1.54, 1.807) is 0 Å². The van der Waals surface area contributed by atoms with E-state index in [1.165, 1.54) is 0 Å². The summed E-state index contributed by atoms with van der Waals surface area (Å²) in [7, 11) is 0. The molecular formula is C18H28N6O3S. The molecule has 2 aliphatic rings. The van der Waals surface area contributed by atoms with E-state index in [0.29, 0.717) is 13.0 Å². The fourth-order valence-corrected chi connectivity index (χ4v) is 4.47. The summed E-state index contributed by atoms with van der Waals surface area (Å²) >= 11 is 1.05. The van der Waals surface area contributed by atoms with Crippen LogP contribution in [0.25, 0.3) is 0 Å². The molecule has 1 saturated carbocycles. The van der Waals surface area contributed by atoms with E-state index in [9.17, 15) is 14.4 Å². The van der Waals surface area contributed by atoms with Gasteiger partial charge in [-0.3, -0.25) is 14.4 Å². The van der Waals surface area contributed by atoms with Crippen LogP contribution in [-0.4, -0.2) is 46.0 Å². The van der Waals surface area contributed by atoms with Crippen LogP contribution in [-0.2, 0) is 9.59 Å². The van der Waals surface area contributed by atoms with Crippen molar-refractivity contribution in [3.8, 4) is 0 Å². The number of nitrogen functional groups attached to an aromatic ring is 1. The first-order chi connectivity index (χ1) is 13.5. The quantitative estimate of drug-likeness (QED) is 0.556. The molecule has 28 heavy (non-hydrogen) atoms. The van der Waals surface area contributed by atoms with Crippen molar-refractivity contribution in [2.45, 2.75) is 75.8 Å². The predicted molar refractivity (Wildman–Crippen MR) is 106 cm³/mol. The number of nitrogens with two attached hydrogens (primary N) is 1. The summed E-state index contributed by atoms with van der Waals surface area (Å²) in [6.45, 7) is 0.368. The third-order valence-electron chi connectivity index (χ3n) is 5.45. The summed E-state index contributed by atoms with van der Waals surface area (Å²) in [5.41, 5.74) is 5.08. The van der Waals surface area contributed by atoms with Gasteiger partial charge in [-0.2, -0.15) is 0 Å². The highest BCUT2D eigenvalue weighted by atomic mass is 32.1. The lowest BCUT2D eigenvalue weighted by molar-refractivity contribution is -0.123. The smallest absolute Gasteiger partial charge is 0.282 e. The molecule has 0 spiro atoms.